The van der Waals surface area contributed by atoms with Crippen molar-refractivity contribution in [3.63, 3.8) is 0 Å². The van der Waals surface area contributed by atoms with E-state index in [-0.39, 0.29) is 0 Å². The molecule has 1 aromatic heterocycles. The number of nitrogens with zero attached hydrogens (tertiary/aromatic N) is 3. The van der Waals surface area contributed by atoms with Crippen LogP contribution in [0, 0.1) is 0 Å². The van der Waals surface area contributed by atoms with Gasteiger partial charge in [-0.15, -0.1) is 10.2 Å². The van der Waals surface area contributed by atoms with E-state index in [4.69, 9.17) is 11.5 Å². The van der Waals surface area contributed by atoms with E-state index in [1.54, 1.807) is 6.20 Å². The van der Waals surface area contributed by atoms with Crippen LogP contribution in [-0.2, 0) is 0 Å². The molecule has 0 unspecified atom stereocenters. The molecule has 0 bridgehead atoms. The van der Waals surface area contributed by atoms with Crippen molar-refractivity contribution >= 4 is 11.6 Å². The van der Waals surface area contributed by atoms with Gasteiger partial charge in [-0.1, -0.05) is 48.6 Å². The average Bonchev–Trinajstić information content (AvgIpc) is 2.55. The van der Waals surface area contributed by atoms with Crippen LogP contribution in [-0.4, -0.2) is 21.1 Å². The Labute approximate surface area is 129 Å². The van der Waals surface area contributed by atoms with Crippen molar-refractivity contribution in [3.05, 3.63) is 77.7 Å². The van der Waals surface area contributed by atoms with E-state index in [1.807, 2.05) is 60.7 Å². The number of allylic oxidation sites excluding steroid dienone is 3. The predicted octanol–water partition coefficient (Wildman–Crippen LogP) is 1.91. The van der Waals surface area contributed by atoms with Crippen LogP contribution >= 0.6 is 0 Å². The summed E-state index contributed by atoms with van der Waals surface area (Å²) in [4.78, 5) is 0. The Morgan fingerprint density at radius 2 is 1.86 bits per heavy atom. The third-order valence-corrected chi connectivity index (χ3v) is 3.47. The molecule has 0 spiro atoms. The fourth-order valence-electron chi connectivity index (χ4n) is 2.36. The summed E-state index contributed by atoms with van der Waals surface area (Å²) >= 11 is 0. The van der Waals surface area contributed by atoms with Crippen LogP contribution in [0.15, 0.2) is 66.4 Å². The summed E-state index contributed by atoms with van der Waals surface area (Å²) in [7, 11) is 0. The molecule has 1 aliphatic rings. The smallest absolute Gasteiger partial charge is 0.0930 e. The van der Waals surface area contributed by atoms with Crippen LogP contribution in [0.5, 0.6) is 0 Å². The second-order valence-electron chi connectivity index (χ2n) is 5.31. The molecule has 2 aromatic rings. The lowest BCUT2D eigenvalue weighted by Gasteiger charge is -2.26. The second kappa shape index (κ2) is 6.01. The maximum Gasteiger partial charge on any atom is 0.0930 e. The molecule has 0 amide bonds. The summed E-state index contributed by atoms with van der Waals surface area (Å²) in [6, 6.07) is 11.9. The van der Waals surface area contributed by atoms with Crippen LogP contribution in [0.2, 0.25) is 0 Å². The maximum atomic E-state index is 6.04. The first-order chi connectivity index (χ1) is 10.6. The zero-order valence-corrected chi connectivity index (χ0v) is 12.1. The van der Waals surface area contributed by atoms with Crippen molar-refractivity contribution in [3.8, 4) is 0 Å². The summed E-state index contributed by atoms with van der Waals surface area (Å²) in [6.45, 7) is 0. The molecule has 1 aliphatic carbocycles. The van der Waals surface area contributed by atoms with Gasteiger partial charge in [-0.2, -0.15) is 0 Å². The molecule has 5 heteroatoms. The minimum absolute atomic E-state index is 0.497. The average molecular weight is 291 g/mol. The first-order valence-electron chi connectivity index (χ1n) is 7.02. The van der Waals surface area contributed by atoms with Gasteiger partial charge in [0.15, 0.2) is 0 Å². The van der Waals surface area contributed by atoms with E-state index in [0.717, 1.165) is 22.4 Å². The molecule has 0 aliphatic heterocycles. The summed E-state index contributed by atoms with van der Waals surface area (Å²) in [5.74, 6) is 0. The van der Waals surface area contributed by atoms with Gasteiger partial charge in [-0.3, -0.25) is 0 Å². The van der Waals surface area contributed by atoms with Crippen molar-refractivity contribution in [1.29, 1.82) is 0 Å². The second-order valence-corrected chi connectivity index (χ2v) is 5.31. The molecule has 0 atom stereocenters. The van der Waals surface area contributed by atoms with Gasteiger partial charge in [0, 0.05) is 6.42 Å². The largest absolute Gasteiger partial charge is 0.310 e. The minimum atomic E-state index is -0.871. The number of hydrogen-bond donors (Lipinski definition) is 2. The highest BCUT2D eigenvalue weighted by Gasteiger charge is 2.24. The maximum absolute atomic E-state index is 6.04. The predicted molar refractivity (Wildman–Crippen MR) is 87.1 cm³/mol. The Morgan fingerprint density at radius 3 is 2.59 bits per heavy atom. The molecular weight excluding hydrogens is 274 g/mol. The van der Waals surface area contributed by atoms with Crippen LogP contribution in [0.3, 0.4) is 0 Å². The van der Waals surface area contributed by atoms with E-state index >= 15 is 0 Å². The molecule has 0 saturated carbocycles. The Hall–Kier alpha value is -2.63. The molecule has 0 saturated heterocycles. The van der Waals surface area contributed by atoms with Gasteiger partial charge < -0.3 is 11.5 Å². The van der Waals surface area contributed by atoms with Crippen LogP contribution in [0.4, 0.5) is 0 Å². The van der Waals surface area contributed by atoms with Crippen molar-refractivity contribution < 1.29 is 0 Å². The van der Waals surface area contributed by atoms with Gasteiger partial charge in [0.25, 0.3) is 0 Å². The summed E-state index contributed by atoms with van der Waals surface area (Å²) < 4.78 is 0. The summed E-state index contributed by atoms with van der Waals surface area (Å²) in [6.07, 6.45) is 9.95. The monoisotopic (exact) mass is 291 g/mol. The number of benzene rings is 1. The number of nitrogens with two attached hydrogens (primary N) is 2. The first kappa shape index (κ1) is 14.3. The van der Waals surface area contributed by atoms with Crippen molar-refractivity contribution in [1.82, 2.24) is 15.4 Å². The fourth-order valence-corrected chi connectivity index (χ4v) is 2.36. The lowest BCUT2D eigenvalue weighted by atomic mass is 9.88. The molecule has 0 fully saturated rings. The van der Waals surface area contributed by atoms with Gasteiger partial charge in [-0.05, 0) is 34.1 Å². The molecule has 3 rings (SSSR count). The van der Waals surface area contributed by atoms with Crippen LogP contribution < -0.4 is 11.5 Å². The Balaban J connectivity index is 1.99. The lowest BCUT2D eigenvalue weighted by molar-refractivity contribution is 0.562. The highest BCUT2D eigenvalue weighted by atomic mass is 15.3. The van der Waals surface area contributed by atoms with Crippen LogP contribution in [0.1, 0.15) is 17.7 Å². The topological polar surface area (TPSA) is 90.7 Å². The molecule has 1 heterocycles. The van der Waals surface area contributed by atoms with E-state index in [0.29, 0.717) is 6.42 Å². The van der Waals surface area contributed by atoms with E-state index in [9.17, 15) is 0 Å². The SMILES string of the molecule is NC1(N)C=CC(C=Cc2ccccc2)=C(c2ccnnn2)C1. The first-order valence-corrected chi connectivity index (χ1v) is 7.02. The third-order valence-electron chi connectivity index (χ3n) is 3.47. The van der Waals surface area contributed by atoms with Crippen LogP contribution in [0.25, 0.3) is 11.6 Å². The highest BCUT2D eigenvalue weighted by Crippen LogP contribution is 2.30. The quantitative estimate of drug-likeness (QED) is 0.843. The molecular formula is C17H17N5. The normalized spacial score (nSPS) is 17.2. The van der Waals surface area contributed by atoms with Crippen molar-refractivity contribution in [2.45, 2.75) is 12.1 Å². The minimum Gasteiger partial charge on any atom is -0.310 e. The Kier molecular flexibility index (Phi) is 3.91. The molecule has 1 aromatic carbocycles. The molecule has 110 valence electrons. The Bertz CT molecular complexity index is 730. The number of hydrogen-bond acceptors (Lipinski definition) is 5. The number of aromatic nitrogens is 3. The molecule has 0 radical (unpaired) electrons. The third kappa shape index (κ3) is 3.33. The number of rotatable bonds is 3. The highest BCUT2D eigenvalue weighted by molar-refractivity contribution is 5.75. The molecule has 22 heavy (non-hydrogen) atoms. The summed E-state index contributed by atoms with van der Waals surface area (Å²) in [5, 5.41) is 11.5. The van der Waals surface area contributed by atoms with Gasteiger partial charge in [-0.25, -0.2) is 0 Å². The zero-order valence-electron chi connectivity index (χ0n) is 12.1. The Morgan fingerprint density at radius 1 is 1.05 bits per heavy atom. The lowest BCUT2D eigenvalue weighted by Crippen LogP contribution is -2.48. The van der Waals surface area contributed by atoms with Gasteiger partial charge in [0.2, 0.25) is 0 Å². The van der Waals surface area contributed by atoms with Crippen molar-refractivity contribution in [2.24, 2.45) is 11.5 Å². The van der Waals surface area contributed by atoms with Crippen molar-refractivity contribution in [2.75, 3.05) is 0 Å². The summed E-state index contributed by atoms with van der Waals surface area (Å²) in [5.41, 5.74) is 15.1. The standard InChI is InChI=1S/C17H17N5/c18-17(19)10-8-14(7-6-13-4-2-1-3-5-13)15(12-17)16-9-11-20-22-21-16/h1-11H,12,18-19H2. The zero-order chi connectivity index (χ0) is 15.4. The van der Waals surface area contributed by atoms with Gasteiger partial charge in [0.1, 0.15) is 0 Å². The molecule has 4 N–H and O–H groups in total. The molecule has 5 nitrogen and oxygen atoms in total. The van der Waals surface area contributed by atoms with E-state index < -0.39 is 5.66 Å². The van der Waals surface area contributed by atoms with E-state index in [2.05, 4.69) is 15.4 Å². The fraction of sp³-hybridized carbons (Fsp3) is 0.118. The van der Waals surface area contributed by atoms with Gasteiger partial charge in [0.05, 0.1) is 17.6 Å². The van der Waals surface area contributed by atoms with Gasteiger partial charge >= 0.3 is 0 Å². The van der Waals surface area contributed by atoms with E-state index in [1.165, 1.54) is 0 Å².